The first-order chi connectivity index (χ1) is 21.7. The predicted octanol–water partition coefficient (Wildman–Crippen LogP) is 5.67. The third kappa shape index (κ3) is 4.65. The molecule has 0 saturated heterocycles. The van der Waals surface area contributed by atoms with Crippen LogP contribution in [0.2, 0.25) is 0 Å². The van der Waals surface area contributed by atoms with E-state index < -0.39 is 0 Å². The number of rotatable bonds is 0. The van der Waals surface area contributed by atoms with Crippen molar-refractivity contribution in [2.24, 2.45) is 0 Å². The summed E-state index contributed by atoms with van der Waals surface area (Å²) in [6.45, 7) is 4.43. The van der Waals surface area contributed by atoms with Gasteiger partial charge in [0.25, 0.3) is 0 Å². The lowest BCUT2D eigenvalue weighted by Crippen LogP contribution is -2.37. The molecule has 2 N–H and O–H groups in total. The van der Waals surface area contributed by atoms with Crippen LogP contribution in [-0.4, -0.2) is 28.3 Å². The van der Waals surface area contributed by atoms with E-state index in [-0.39, 0.29) is 6.03 Å². The van der Waals surface area contributed by atoms with Gasteiger partial charge in [-0.1, -0.05) is 72.8 Å². The normalized spacial score (nSPS) is 15.0. The van der Waals surface area contributed by atoms with Crippen molar-refractivity contribution in [3.63, 3.8) is 0 Å². The van der Waals surface area contributed by atoms with Crippen molar-refractivity contribution < 1.29 is 13.9 Å². The average molecular weight is 581 g/mol. The second-order valence-corrected chi connectivity index (χ2v) is 11.8. The number of hydrogen-bond donors (Lipinski definition) is 2. The minimum absolute atomic E-state index is 0.101. The van der Waals surface area contributed by atoms with Crippen LogP contribution in [0.15, 0.2) is 110 Å². The van der Waals surface area contributed by atoms with Crippen molar-refractivity contribution in [1.29, 1.82) is 0 Å². The van der Waals surface area contributed by atoms with Crippen LogP contribution in [0.25, 0.3) is 43.6 Å². The highest BCUT2D eigenvalue weighted by Gasteiger charge is 2.22. The van der Waals surface area contributed by atoms with Crippen LogP contribution >= 0.6 is 0 Å². The number of aryl methyl sites for hydroxylation is 2. The zero-order valence-electron chi connectivity index (χ0n) is 24.7. The number of urea groups is 1. The van der Waals surface area contributed by atoms with E-state index in [0.717, 1.165) is 39.0 Å². The van der Waals surface area contributed by atoms with Gasteiger partial charge in [-0.2, -0.15) is 0 Å². The predicted molar refractivity (Wildman–Crippen MR) is 175 cm³/mol. The Morgan fingerprint density at radius 2 is 0.909 bits per heavy atom. The van der Waals surface area contributed by atoms with E-state index in [2.05, 4.69) is 139 Å². The second-order valence-electron chi connectivity index (χ2n) is 11.8. The summed E-state index contributed by atoms with van der Waals surface area (Å²) in [7, 11) is 0. The van der Waals surface area contributed by atoms with E-state index in [1.165, 1.54) is 54.7 Å². The molecule has 0 unspecified atom stereocenters. The number of carbonyl (C=O) groups is 1. The van der Waals surface area contributed by atoms with E-state index in [0.29, 0.717) is 13.1 Å². The Kier molecular flexibility index (Phi) is 6.71. The molecule has 0 spiro atoms. The van der Waals surface area contributed by atoms with Crippen LogP contribution in [0.5, 0.6) is 0 Å². The fourth-order valence-corrected chi connectivity index (χ4v) is 7.05. The zero-order valence-corrected chi connectivity index (χ0v) is 24.7. The second kappa shape index (κ2) is 11.2. The van der Waals surface area contributed by atoms with Gasteiger partial charge in [0.05, 0.1) is 13.1 Å². The molecule has 7 heteroatoms. The molecule has 2 aromatic heterocycles. The molecule has 5 aromatic carbocycles. The fraction of sp³-hybridized carbons (Fsp3) is 0.216. The summed E-state index contributed by atoms with van der Waals surface area (Å²) in [4.78, 5) is 12.5. The highest BCUT2D eigenvalue weighted by Crippen LogP contribution is 2.33. The lowest BCUT2D eigenvalue weighted by Gasteiger charge is -2.15. The van der Waals surface area contributed by atoms with Crippen molar-refractivity contribution in [1.82, 2.24) is 19.8 Å². The van der Waals surface area contributed by atoms with Crippen LogP contribution in [0.4, 0.5) is 4.79 Å². The van der Waals surface area contributed by atoms with E-state index in [1.807, 2.05) is 0 Å². The molecule has 0 fully saturated rings. The summed E-state index contributed by atoms with van der Waals surface area (Å²) in [5, 5.41) is 11.3. The molecule has 0 saturated carbocycles. The minimum Gasteiger partial charge on any atom is -0.338 e. The van der Waals surface area contributed by atoms with E-state index in [9.17, 15) is 4.79 Å². The number of aromatic nitrogens is 4. The van der Waals surface area contributed by atoms with E-state index >= 15 is 0 Å². The Labute approximate surface area is 256 Å². The van der Waals surface area contributed by atoms with Gasteiger partial charge in [0, 0.05) is 37.1 Å². The maximum Gasteiger partial charge on any atom is 0.314 e. The highest BCUT2D eigenvalue weighted by molar-refractivity contribution is 6.05. The van der Waals surface area contributed by atoms with Crippen LogP contribution in [-0.2, 0) is 26.2 Å². The summed E-state index contributed by atoms with van der Waals surface area (Å²) in [5.41, 5.74) is 7.50. The van der Waals surface area contributed by atoms with Gasteiger partial charge in [0.15, 0.2) is 22.1 Å². The molecule has 0 radical (unpaired) electrons. The summed E-state index contributed by atoms with van der Waals surface area (Å²) in [5.74, 6) is 0. The van der Waals surface area contributed by atoms with Gasteiger partial charge in [0.1, 0.15) is 13.1 Å². The first-order valence-electron chi connectivity index (χ1n) is 15.6. The van der Waals surface area contributed by atoms with Gasteiger partial charge < -0.3 is 10.6 Å². The topological polar surface area (TPSA) is 58.8 Å². The SMILES string of the molecule is O=C1NCCCn2c[n+](c3ccccc32)Cc2c3ccccc3c(c3ccccc23)C[n+]2cn(c3ccccc32)CCCN1. The van der Waals surface area contributed by atoms with Crippen LogP contribution in [0.3, 0.4) is 0 Å². The third-order valence-electron chi connectivity index (χ3n) is 9.09. The minimum atomic E-state index is -0.101. The Morgan fingerprint density at radius 3 is 1.34 bits per heavy atom. The number of imidazole rings is 2. The highest BCUT2D eigenvalue weighted by atomic mass is 16.2. The van der Waals surface area contributed by atoms with E-state index in [4.69, 9.17) is 0 Å². The number of hydrogen-bond acceptors (Lipinski definition) is 1. The van der Waals surface area contributed by atoms with Crippen molar-refractivity contribution in [2.45, 2.75) is 39.0 Å². The molecule has 218 valence electrons. The Balaban J connectivity index is 1.33. The fourth-order valence-electron chi connectivity index (χ4n) is 7.05. The Hall–Kier alpha value is -5.17. The molecule has 44 heavy (non-hydrogen) atoms. The molecule has 2 amide bonds. The summed E-state index contributed by atoms with van der Waals surface area (Å²) in [6, 6.07) is 35.0. The number of para-hydroxylation sites is 4. The summed E-state index contributed by atoms with van der Waals surface area (Å²) < 4.78 is 9.41. The van der Waals surface area contributed by atoms with Gasteiger partial charge in [-0.05, 0) is 45.8 Å². The van der Waals surface area contributed by atoms with Crippen molar-refractivity contribution in [2.75, 3.05) is 13.1 Å². The standard InChI is InChI=1S/C37H35N6O/c44-37-38-19-9-21-40-25-42(35-17-7-5-15-33(35)40)23-31-27-11-1-2-12-28(27)32(30-14-4-3-13-29(30)31)24-43-26-41(22-10-20-39-37)34-16-6-8-18-36(34)43/h1-8,11-18,25-26H,9-10,19-24H2,(H-,38,39,44)/q+1/p+1. The number of fused-ring (bicyclic) bond motifs is 10. The van der Waals surface area contributed by atoms with Gasteiger partial charge in [-0.15, -0.1) is 0 Å². The molecule has 2 aliphatic heterocycles. The van der Waals surface area contributed by atoms with Crippen molar-refractivity contribution in [3.8, 4) is 0 Å². The van der Waals surface area contributed by atoms with Gasteiger partial charge in [-0.3, -0.25) is 0 Å². The maximum absolute atomic E-state index is 12.5. The van der Waals surface area contributed by atoms with Gasteiger partial charge >= 0.3 is 6.03 Å². The quantitative estimate of drug-likeness (QED) is 0.176. The summed E-state index contributed by atoms with van der Waals surface area (Å²) >= 11 is 0. The molecular weight excluding hydrogens is 544 g/mol. The molecule has 0 aliphatic carbocycles. The van der Waals surface area contributed by atoms with Crippen LogP contribution in [0, 0.1) is 0 Å². The van der Waals surface area contributed by atoms with Gasteiger partial charge in [-0.25, -0.2) is 23.1 Å². The van der Waals surface area contributed by atoms with Crippen LogP contribution < -0.4 is 19.8 Å². The lowest BCUT2D eigenvalue weighted by molar-refractivity contribution is -0.663. The third-order valence-corrected chi connectivity index (χ3v) is 9.09. The Morgan fingerprint density at radius 1 is 0.523 bits per heavy atom. The molecule has 7 nitrogen and oxygen atoms in total. The Bertz CT molecular complexity index is 1970. The zero-order chi connectivity index (χ0) is 29.5. The molecule has 9 rings (SSSR count). The number of amides is 2. The summed E-state index contributed by atoms with van der Waals surface area (Å²) in [6.07, 6.45) is 6.19. The number of nitrogens with one attached hydrogen (secondary N) is 2. The van der Waals surface area contributed by atoms with Crippen molar-refractivity contribution >= 4 is 49.6 Å². The largest absolute Gasteiger partial charge is 0.338 e. The number of benzene rings is 5. The molecule has 2 aliphatic rings. The van der Waals surface area contributed by atoms with Crippen LogP contribution in [0.1, 0.15) is 24.0 Å². The smallest absolute Gasteiger partial charge is 0.314 e. The lowest BCUT2D eigenvalue weighted by atomic mass is 9.91. The molecule has 0 atom stereocenters. The number of nitrogens with zero attached hydrogens (tertiary/aromatic N) is 4. The first-order valence-corrected chi connectivity index (χ1v) is 15.6. The molecule has 7 aromatic rings. The monoisotopic (exact) mass is 580 g/mol. The molecule has 6 bridgehead atoms. The van der Waals surface area contributed by atoms with Crippen molar-refractivity contribution in [3.05, 3.63) is 121 Å². The maximum atomic E-state index is 12.5. The van der Waals surface area contributed by atoms with Gasteiger partial charge in [0.2, 0.25) is 12.7 Å². The number of carbonyl (C=O) groups excluding carboxylic acids is 1. The first kappa shape index (κ1) is 26.5. The average Bonchev–Trinajstić information content (AvgIpc) is 3.60. The molecular formula is C37H36N6O+2. The van der Waals surface area contributed by atoms with E-state index in [1.54, 1.807) is 0 Å². The molecule has 4 heterocycles.